The predicted molar refractivity (Wildman–Crippen MR) is 118 cm³/mol. The number of carbonyl (C=O) groups excluding carboxylic acids is 1. The van der Waals surface area contributed by atoms with Gasteiger partial charge in [0.1, 0.15) is 17.4 Å². The van der Waals surface area contributed by atoms with E-state index in [-0.39, 0.29) is 24.7 Å². The van der Waals surface area contributed by atoms with Gasteiger partial charge >= 0.3 is 0 Å². The first kappa shape index (κ1) is 25.3. The molecule has 1 fully saturated rings. The maximum atomic E-state index is 14.6. The van der Waals surface area contributed by atoms with Crippen molar-refractivity contribution in [2.24, 2.45) is 0 Å². The molecule has 0 spiro atoms. The van der Waals surface area contributed by atoms with Crippen molar-refractivity contribution >= 4 is 11.7 Å². The molecule has 0 aliphatic carbocycles. The molecule has 4 rings (SSSR count). The Morgan fingerprint density at radius 1 is 1.19 bits per heavy atom. The number of alkyl halides is 2. The summed E-state index contributed by atoms with van der Waals surface area (Å²) in [6.45, 7) is 1.46. The summed E-state index contributed by atoms with van der Waals surface area (Å²) in [6, 6.07) is 5.48. The van der Waals surface area contributed by atoms with Gasteiger partial charge in [0.05, 0.1) is 18.2 Å². The highest BCUT2D eigenvalue weighted by Gasteiger charge is 2.46. The molecule has 1 aliphatic heterocycles. The molecule has 1 unspecified atom stereocenters. The van der Waals surface area contributed by atoms with Crippen molar-refractivity contribution in [1.82, 2.24) is 9.88 Å². The summed E-state index contributed by atoms with van der Waals surface area (Å²) >= 11 is 0. The number of aromatic nitrogens is 2. The van der Waals surface area contributed by atoms with E-state index in [2.05, 4.69) is 10.3 Å². The van der Waals surface area contributed by atoms with Crippen molar-refractivity contribution in [3.63, 3.8) is 0 Å². The van der Waals surface area contributed by atoms with Crippen LogP contribution in [-0.2, 0) is 4.79 Å². The van der Waals surface area contributed by atoms with E-state index in [0.717, 1.165) is 18.6 Å². The first-order valence-corrected chi connectivity index (χ1v) is 10.9. The Morgan fingerprint density at radius 3 is 2.47 bits per heavy atom. The molecule has 12 heteroatoms. The molecule has 7 nitrogen and oxygen atoms in total. The first-order valence-electron chi connectivity index (χ1n) is 10.9. The molecule has 3 heterocycles. The second-order valence-corrected chi connectivity index (χ2v) is 8.39. The molecule has 1 N–H and O–H groups in total. The van der Waals surface area contributed by atoms with E-state index in [9.17, 15) is 32.0 Å². The standard InChI is InChI=1S/C24H21F5N4O3/c1-14(32-9-6-24(28,29)18(13-32)15-4-7-33(35)8-5-15)23(34)31-21-3-2-17(12-30-21)36-22-19(26)10-16(25)11-20(22)27/h2-5,7-8,10-12,14,18H,6,9,13H2,1H3,(H,30,31,34)/t14?,18-/m1/s1. The number of nitrogens with zero attached hydrogens (tertiary/aromatic N) is 3. The molecule has 36 heavy (non-hydrogen) atoms. The van der Waals surface area contributed by atoms with Crippen LogP contribution in [0.4, 0.5) is 27.8 Å². The Bertz CT molecular complexity index is 1220. The number of amides is 1. The van der Waals surface area contributed by atoms with Crippen LogP contribution in [0.25, 0.3) is 0 Å². The zero-order chi connectivity index (χ0) is 26.0. The normalized spacial score (nSPS) is 18.4. The van der Waals surface area contributed by atoms with Crippen LogP contribution >= 0.6 is 0 Å². The number of hydrogen-bond donors (Lipinski definition) is 1. The summed E-state index contributed by atoms with van der Waals surface area (Å²) < 4.78 is 75.4. The largest absolute Gasteiger partial charge is 0.619 e. The van der Waals surface area contributed by atoms with Gasteiger partial charge in [0, 0.05) is 43.8 Å². The van der Waals surface area contributed by atoms with Crippen molar-refractivity contribution in [2.45, 2.75) is 31.2 Å². The van der Waals surface area contributed by atoms with Gasteiger partial charge in [0.2, 0.25) is 5.91 Å². The van der Waals surface area contributed by atoms with Gasteiger partial charge in [0.25, 0.3) is 5.92 Å². The number of carbonyl (C=O) groups is 1. The number of ether oxygens (including phenoxy) is 1. The second-order valence-electron chi connectivity index (χ2n) is 8.39. The van der Waals surface area contributed by atoms with Gasteiger partial charge in [-0.05, 0) is 24.6 Å². The number of benzene rings is 1. The maximum Gasteiger partial charge on any atom is 0.257 e. The highest BCUT2D eigenvalue weighted by atomic mass is 19.3. The smallest absolute Gasteiger partial charge is 0.257 e. The number of likely N-dealkylation sites (tertiary alicyclic amines) is 1. The molecule has 0 saturated carbocycles. The average Bonchev–Trinajstić information content (AvgIpc) is 2.82. The van der Waals surface area contributed by atoms with Gasteiger partial charge in [0.15, 0.2) is 29.8 Å². The van der Waals surface area contributed by atoms with E-state index in [0.29, 0.717) is 22.4 Å². The Balaban J connectivity index is 1.40. The van der Waals surface area contributed by atoms with Crippen LogP contribution in [0, 0.1) is 22.7 Å². The molecule has 1 amide bonds. The lowest BCUT2D eigenvalue weighted by atomic mass is 9.87. The van der Waals surface area contributed by atoms with Crippen LogP contribution in [0.3, 0.4) is 0 Å². The van der Waals surface area contributed by atoms with Crippen molar-refractivity contribution in [2.75, 3.05) is 18.4 Å². The highest BCUT2D eigenvalue weighted by Crippen LogP contribution is 2.40. The van der Waals surface area contributed by atoms with Gasteiger partial charge in [-0.2, -0.15) is 4.73 Å². The lowest BCUT2D eigenvalue weighted by molar-refractivity contribution is -0.605. The van der Waals surface area contributed by atoms with E-state index in [4.69, 9.17) is 4.74 Å². The zero-order valence-electron chi connectivity index (χ0n) is 18.9. The molecular formula is C24H21F5N4O3. The lowest BCUT2D eigenvalue weighted by Crippen LogP contribution is -2.52. The summed E-state index contributed by atoms with van der Waals surface area (Å²) in [5.41, 5.74) is 0.302. The van der Waals surface area contributed by atoms with E-state index < -0.39 is 53.4 Å². The predicted octanol–water partition coefficient (Wildman–Crippen LogP) is 4.38. The molecule has 1 saturated heterocycles. The monoisotopic (exact) mass is 508 g/mol. The fraction of sp³-hybridized carbons (Fsp3) is 0.292. The summed E-state index contributed by atoms with van der Waals surface area (Å²) in [4.78, 5) is 18.4. The Morgan fingerprint density at radius 2 is 1.86 bits per heavy atom. The second kappa shape index (κ2) is 10.1. The van der Waals surface area contributed by atoms with Gasteiger partial charge in [-0.25, -0.2) is 26.9 Å². The first-order chi connectivity index (χ1) is 17.0. The summed E-state index contributed by atoms with van der Waals surface area (Å²) in [5.74, 6) is -9.00. The van der Waals surface area contributed by atoms with Gasteiger partial charge in [-0.1, -0.05) is 0 Å². The molecule has 2 atom stereocenters. The van der Waals surface area contributed by atoms with Crippen molar-refractivity contribution in [3.05, 3.63) is 83.2 Å². The van der Waals surface area contributed by atoms with Crippen molar-refractivity contribution in [1.29, 1.82) is 0 Å². The number of halogens is 5. The average molecular weight is 508 g/mol. The van der Waals surface area contributed by atoms with Crippen molar-refractivity contribution in [3.8, 4) is 11.5 Å². The van der Waals surface area contributed by atoms with Crippen LogP contribution in [0.2, 0.25) is 0 Å². The van der Waals surface area contributed by atoms with Crippen LogP contribution in [-0.4, -0.2) is 40.8 Å². The molecule has 0 bridgehead atoms. The fourth-order valence-electron chi connectivity index (χ4n) is 3.94. The number of pyridine rings is 2. The summed E-state index contributed by atoms with van der Waals surface area (Å²) in [5, 5.41) is 13.8. The van der Waals surface area contributed by atoms with Crippen LogP contribution in [0.15, 0.2) is 55.0 Å². The third kappa shape index (κ3) is 5.54. The lowest BCUT2D eigenvalue weighted by Gasteiger charge is -2.40. The minimum atomic E-state index is -3.00. The molecule has 2 aromatic heterocycles. The number of rotatable bonds is 6. The molecule has 190 valence electrons. The van der Waals surface area contributed by atoms with Crippen LogP contribution in [0.1, 0.15) is 24.8 Å². The van der Waals surface area contributed by atoms with E-state index in [1.54, 1.807) is 11.8 Å². The van der Waals surface area contributed by atoms with Gasteiger partial charge in [-0.15, -0.1) is 0 Å². The highest BCUT2D eigenvalue weighted by molar-refractivity contribution is 5.93. The van der Waals surface area contributed by atoms with E-state index >= 15 is 0 Å². The fourth-order valence-corrected chi connectivity index (χ4v) is 3.94. The number of anilines is 1. The van der Waals surface area contributed by atoms with E-state index in [1.165, 1.54) is 24.3 Å². The quantitative estimate of drug-likeness (QED) is 0.304. The van der Waals surface area contributed by atoms with E-state index in [1.807, 2.05) is 0 Å². The van der Waals surface area contributed by atoms with Crippen LogP contribution in [0.5, 0.6) is 11.5 Å². The zero-order valence-corrected chi connectivity index (χ0v) is 18.9. The third-order valence-electron chi connectivity index (χ3n) is 5.99. The third-order valence-corrected chi connectivity index (χ3v) is 5.99. The van der Waals surface area contributed by atoms with Crippen LogP contribution < -0.4 is 14.8 Å². The van der Waals surface area contributed by atoms with Crippen molar-refractivity contribution < 1.29 is 36.2 Å². The molecular weight excluding hydrogens is 487 g/mol. The molecule has 3 aromatic rings. The Hall–Kier alpha value is -3.80. The number of hydrogen-bond acceptors (Lipinski definition) is 5. The minimum Gasteiger partial charge on any atom is -0.619 e. The van der Waals surface area contributed by atoms with Gasteiger partial charge < -0.3 is 15.3 Å². The molecule has 0 radical (unpaired) electrons. The molecule has 1 aromatic carbocycles. The Kier molecular flexibility index (Phi) is 7.07. The summed E-state index contributed by atoms with van der Waals surface area (Å²) in [6.07, 6.45) is 2.96. The number of nitrogens with one attached hydrogen (secondary N) is 1. The SMILES string of the molecule is CC(C(=O)Nc1ccc(Oc2c(F)cc(F)cc2F)cn1)N1CCC(F)(F)[C@@H](c2cc[n+]([O-])cc2)C1. The maximum absolute atomic E-state index is 14.6. The van der Waals surface area contributed by atoms with Gasteiger partial charge in [-0.3, -0.25) is 9.69 Å². The molecule has 1 aliphatic rings. The topological polar surface area (TPSA) is 81.4 Å². The number of piperidine rings is 1. The minimum absolute atomic E-state index is 0.0124. The summed E-state index contributed by atoms with van der Waals surface area (Å²) in [7, 11) is 0. The Labute approximate surface area is 202 Å².